The Hall–Kier alpha value is -2.44. The lowest BCUT2D eigenvalue weighted by Gasteiger charge is -2.27. The average molecular weight is 473 g/mol. The maximum Gasteiger partial charge on any atom is 0.347 e. The Morgan fingerprint density at radius 3 is 2.10 bits per heavy atom. The second-order valence-corrected chi connectivity index (χ2v) is 7.59. The highest BCUT2D eigenvalue weighted by Gasteiger charge is 2.41. The zero-order chi connectivity index (χ0) is 21.0. The number of aromatic nitrogens is 2. The highest BCUT2D eigenvalue weighted by atomic mass is 79.9. The van der Waals surface area contributed by atoms with Crippen LogP contribution in [0.25, 0.3) is 0 Å². The number of esters is 1. The van der Waals surface area contributed by atoms with E-state index in [1.165, 1.54) is 0 Å². The lowest BCUT2D eigenvalue weighted by atomic mass is 9.85. The molecule has 3 rings (SSSR count). The lowest BCUT2D eigenvalue weighted by Crippen LogP contribution is -3.00. The van der Waals surface area contributed by atoms with Gasteiger partial charge in [0.15, 0.2) is 0 Å². The van der Waals surface area contributed by atoms with Crippen molar-refractivity contribution in [3.63, 3.8) is 0 Å². The Morgan fingerprint density at radius 2 is 1.63 bits per heavy atom. The molecule has 0 atom stereocenters. The smallest absolute Gasteiger partial charge is 0.347 e. The second kappa shape index (κ2) is 10.0. The van der Waals surface area contributed by atoms with Gasteiger partial charge in [-0.2, -0.15) is 0 Å². The third-order valence-corrected chi connectivity index (χ3v) is 5.34. The van der Waals surface area contributed by atoms with E-state index in [2.05, 4.69) is 4.57 Å². The van der Waals surface area contributed by atoms with Crippen LogP contribution in [0.1, 0.15) is 34.5 Å². The quantitative estimate of drug-likeness (QED) is 0.301. The van der Waals surface area contributed by atoms with Gasteiger partial charge in [-0.1, -0.05) is 59.7 Å². The second-order valence-electron chi connectivity index (χ2n) is 7.59. The SMILES string of the molecule is Cc1cccc(C(O)(C(=O)OCCCn2cc[n+](C)c2C)c2cccc(C)c2)c1.[Br-]. The van der Waals surface area contributed by atoms with Crippen LogP contribution in [0.4, 0.5) is 0 Å². The van der Waals surface area contributed by atoms with Crippen LogP contribution in [0.3, 0.4) is 0 Å². The molecule has 0 amide bonds. The van der Waals surface area contributed by atoms with Gasteiger partial charge in [0, 0.05) is 13.3 Å². The van der Waals surface area contributed by atoms with Crippen molar-refractivity contribution in [2.45, 2.75) is 39.3 Å². The van der Waals surface area contributed by atoms with Crippen molar-refractivity contribution in [2.75, 3.05) is 6.61 Å². The number of carbonyl (C=O) groups excluding carboxylic acids is 1. The molecule has 0 unspecified atom stereocenters. The Morgan fingerprint density at radius 1 is 1.07 bits per heavy atom. The lowest BCUT2D eigenvalue weighted by molar-refractivity contribution is -0.677. The molecule has 0 aliphatic rings. The number of aliphatic hydroxyl groups is 1. The van der Waals surface area contributed by atoms with Gasteiger partial charge < -0.3 is 26.8 Å². The standard InChI is InChI=1S/C24H29N2O3.BrH/c1-18-8-5-10-21(16-18)24(28,22-11-6-9-19(2)17-22)23(27)29-15-7-12-26-14-13-25(4)20(26)3;/h5-6,8-11,13-14,16-17,28H,7,12,15H2,1-4H3;1H/q+1;/p-1. The number of nitrogens with zero attached hydrogens (tertiary/aromatic N) is 2. The summed E-state index contributed by atoms with van der Waals surface area (Å²) in [5, 5.41) is 11.6. The monoisotopic (exact) mass is 472 g/mol. The molecule has 160 valence electrons. The van der Waals surface area contributed by atoms with Crippen molar-refractivity contribution in [1.29, 1.82) is 0 Å². The van der Waals surface area contributed by atoms with E-state index in [1.807, 2.05) is 81.2 Å². The molecular weight excluding hydrogens is 444 g/mol. The summed E-state index contributed by atoms with van der Waals surface area (Å²) < 4.78 is 9.71. The molecule has 3 aromatic rings. The minimum absolute atomic E-state index is 0. The molecule has 30 heavy (non-hydrogen) atoms. The summed E-state index contributed by atoms with van der Waals surface area (Å²) in [5.74, 6) is 0.482. The summed E-state index contributed by atoms with van der Waals surface area (Å²) in [5.41, 5.74) is 1.13. The highest BCUT2D eigenvalue weighted by molar-refractivity contribution is 5.85. The van der Waals surface area contributed by atoms with Gasteiger partial charge in [-0.15, -0.1) is 0 Å². The van der Waals surface area contributed by atoms with Crippen LogP contribution in [-0.4, -0.2) is 22.2 Å². The predicted octanol–water partition coefficient (Wildman–Crippen LogP) is 0.111. The maximum absolute atomic E-state index is 13.1. The van der Waals surface area contributed by atoms with Gasteiger partial charge in [0.2, 0.25) is 5.60 Å². The Balaban J connectivity index is 0.00000320. The summed E-state index contributed by atoms with van der Waals surface area (Å²) in [7, 11) is 2.00. The Bertz CT molecular complexity index is 968. The molecule has 0 saturated carbocycles. The first-order valence-corrected chi connectivity index (χ1v) is 9.87. The zero-order valence-electron chi connectivity index (χ0n) is 17.9. The van der Waals surface area contributed by atoms with Gasteiger partial charge in [-0.25, -0.2) is 13.9 Å². The third-order valence-electron chi connectivity index (χ3n) is 5.34. The van der Waals surface area contributed by atoms with Crippen molar-refractivity contribution < 1.29 is 36.2 Å². The van der Waals surface area contributed by atoms with Crippen molar-refractivity contribution in [3.05, 3.63) is 89.0 Å². The summed E-state index contributed by atoms with van der Waals surface area (Å²) in [4.78, 5) is 13.1. The number of aryl methyl sites for hydroxylation is 4. The number of ether oxygens (including phenoxy) is 1. The van der Waals surface area contributed by atoms with Crippen molar-refractivity contribution >= 4 is 5.97 Å². The van der Waals surface area contributed by atoms with Crippen LogP contribution in [0.2, 0.25) is 0 Å². The van der Waals surface area contributed by atoms with E-state index in [9.17, 15) is 9.90 Å². The number of carbonyl (C=O) groups is 1. The number of imidazole rings is 1. The molecular formula is C24H29BrN2O3. The maximum atomic E-state index is 13.1. The average Bonchev–Trinajstić information content (AvgIpc) is 3.02. The van der Waals surface area contributed by atoms with Gasteiger partial charge in [-0.3, -0.25) is 0 Å². The van der Waals surface area contributed by atoms with Crippen LogP contribution < -0.4 is 21.5 Å². The molecule has 5 nitrogen and oxygen atoms in total. The van der Waals surface area contributed by atoms with E-state index in [1.54, 1.807) is 12.1 Å². The van der Waals surface area contributed by atoms with Gasteiger partial charge in [0.05, 0.1) is 20.2 Å². The minimum atomic E-state index is -1.84. The number of rotatable bonds is 7. The molecule has 0 saturated heterocycles. The van der Waals surface area contributed by atoms with Crippen LogP contribution >= 0.6 is 0 Å². The van der Waals surface area contributed by atoms with Crippen LogP contribution in [0.5, 0.6) is 0 Å². The van der Waals surface area contributed by atoms with Crippen LogP contribution in [-0.2, 0) is 28.7 Å². The van der Waals surface area contributed by atoms with E-state index in [0.717, 1.165) is 23.5 Å². The zero-order valence-corrected chi connectivity index (χ0v) is 19.5. The molecule has 1 aromatic heterocycles. The Labute approximate surface area is 188 Å². The number of benzene rings is 2. The minimum Gasteiger partial charge on any atom is -1.00 e. The van der Waals surface area contributed by atoms with Crippen molar-refractivity contribution in [2.24, 2.45) is 7.05 Å². The van der Waals surface area contributed by atoms with Gasteiger partial charge in [0.25, 0.3) is 5.82 Å². The molecule has 1 heterocycles. The first-order valence-electron chi connectivity index (χ1n) is 9.87. The molecule has 0 radical (unpaired) electrons. The molecule has 6 heteroatoms. The molecule has 0 spiro atoms. The largest absolute Gasteiger partial charge is 1.00 e. The van der Waals surface area contributed by atoms with E-state index >= 15 is 0 Å². The van der Waals surface area contributed by atoms with E-state index in [4.69, 9.17) is 4.74 Å². The predicted molar refractivity (Wildman–Crippen MR) is 111 cm³/mol. The first-order chi connectivity index (χ1) is 13.8. The molecule has 0 aliphatic heterocycles. The van der Waals surface area contributed by atoms with E-state index in [0.29, 0.717) is 17.5 Å². The molecule has 0 aliphatic carbocycles. The third kappa shape index (κ3) is 4.99. The van der Waals surface area contributed by atoms with Gasteiger partial charge in [-0.05, 0) is 25.0 Å². The summed E-state index contributed by atoms with van der Waals surface area (Å²) in [6.07, 6.45) is 4.67. The van der Waals surface area contributed by atoms with E-state index in [-0.39, 0.29) is 23.6 Å². The fourth-order valence-electron chi connectivity index (χ4n) is 3.48. The number of hydrogen-bond donors (Lipinski definition) is 1. The number of hydrogen-bond acceptors (Lipinski definition) is 3. The summed E-state index contributed by atoms with van der Waals surface area (Å²) >= 11 is 0. The van der Waals surface area contributed by atoms with Crippen LogP contribution in [0, 0.1) is 20.8 Å². The molecule has 0 fully saturated rings. The highest BCUT2D eigenvalue weighted by Crippen LogP contribution is 2.32. The van der Waals surface area contributed by atoms with Gasteiger partial charge in [0.1, 0.15) is 12.4 Å². The van der Waals surface area contributed by atoms with Crippen molar-refractivity contribution in [1.82, 2.24) is 4.57 Å². The molecule has 2 aromatic carbocycles. The van der Waals surface area contributed by atoms with E-state index < -0.39 is 11.6 Å². The normalized spacial score (nSPS) is 11.1. The number of halogens is 1. The molecule has 0 bridgehead atoms. The molecule has 1 N–H and O–H groups in total. The Kier molecular flexibility index (Phi) is 7.98. The topological polar surface area (TPSA) is 55.3 Å². The van der Waals surface area contributed by atoms with Crippen LogP contribution in [0.15, 0.2) is 60.9 Å². The fourth-order valence-corrected chi connectivity index (χ4v) is 3.48. The van der Waals surface area contributed by atoms with Gasteiger partial charge >= 0.3 is 5.97 Å². The summed E-state index contributed by atoms with van der Waals surface area (Å²) in [6, 6.07) is 14.7. The van der Waals surface area contributed by atoms with Crippen molar-refractivity contribution in [3.8, 4) is 0 Å². The first kappa shape index (κ1) is 23.8. The summed E-state index contributed by atoms with van der Waals surface area (Å²) in [6.45, 7) is 6.89. The fraction of sp³-hybridized carbons (Fsp3) is 0.333.